The lowest BCUT2D eigenvalue weighted by molar-refractivity contribution is 0.0897. The van der Waals surface area contributed by atoms with Crippen LogP contribution in [-0.4, -0.2) is 36.5 Å². The number of hydrogen-bond acceptors (Lipinski definition) is 6. The maximum Gasteiger partial charge on any atom is 0.119 e. The third kappa shape index (κ3) is 5.02. The van der Waals surface area contributed by atoms with Gasteiger partial charge in [0.15, 0.2) is 0 Å². The van der Waals surface area contributed by atoms with E-state index < -0.39 is 6.67 Å². The fourth-order valence-corrected chi connectivity index (χ4v) is 2.11. The van der Waals surface area contributed by atoms with Crippen LogP contribution >= 0.6 is 0 Å². The van der Waals surface area contributed by atoms with Crippen LogP contribution in [0.25, 0.3) is 11.0 Å². The third-order valence-electron chi connectivity index (χ3n) is 3.29. The summed E-state index contributed by atoms with van der Waals surface area (Å²) in [6.45, 7) is 0.349. The molecule has 0 aliphatic rings. The Hall–Kier alpha value is -2.93. The topological polar surface area (TPSA) is 69.0 Å². The predicted octanol–water partition coefficient (Wildman–Crippen LogP) is 4.41. The molecule has 0 unspecified atom stereocenters. The van der Waals surface area contributed by atoms with E-state index in [1.54, 1.807) is 24.5 Å². The van der Waals surface area contributed by atoms with Crippen molar-refractivity contribution in [2.24, 2.45) is 10.2 Å². The van der Waals surface area contributed by atoms with Crippen molar-refractivity contribution in [2.45, 2.75) is 0 Å². The smallest absolute Gasteiger partial charge is 0.119 e. The quantitative estimate of drug-likeness (QED) is 0.450. The molecule has 1 heterocycles. The highest BCUT2D eigenvalue weighted by molar-refractivity contribution is 5.77. The van der Waals surface area contributed by atoms with Crippen molar-refractivity contribution in [1.29, 1.82) is 0 Å². The summed E-state index contributed by atoms with van der Waals surface area (Å²) >= 11 is 0. The number of rotatable bonds is 8. The molecule has 3 rings (SSSR count). The van der Waals surface area contributed by atoms with Gasteiger partial charge in [-0.25, -0.2) is 4.39 Å². The zero-order valence-electron chi connectivity index (χ0n) is 13.5. The molecule has 0 radical (unpaired) electrons. The highest BCUT2D eigenvalue weighted by Gasteiger charge is 1.98. The first-order chi connectivity index (χ1) is 12.3. The Labute approximate surface area is 144 Å². The van der Waals surface area contributed by atoms with Gasteiger partial charge in [-0.05, 0) is 42.5 Å². The van der Waals surface area contributed by atoms with Crippen LogP contribution in [0.4, 0.5) is 15.8 Å². The largest absolute Gasteiger partial charge is 0.491 e. The van der Waals surface area contributed by atoms with Crippen molar-refractivity contribution in [1.82, 2.24) is 9.97 Å². The van der Waals surface area contributed by atoms with Crippen LogP contribution in [0.5, 0.6) is 5.75 Å². The molecule has 128 valence electrons. The van der Waals surface area contributed by atoms with Crippen molar-refractivity contribution >= 4 is 22.4 Å². The van der Waals surface area contributed by atoms with Crippen molar-refractivity contribution in [2.75, 3.05) is 26.5 Å². The molecule has 7 heteroatoms. The lowest BCUT2D eigenvalue weighted by Crippen LogP contribution is -2.07. The number of aromatic nitrogens is 2. The van der Waals surface area contributed by atoms with Crippen molar-refractivity contribution in [3.05, 3.63) is 54.9 Å². The van der Waals surface area contributed by atoms with Gasteiger partial charge in [0.2, 0.25) is 0 Å². The summed E-state index contributed by atoms with van der Waals surface area (Å²) in [6.07, 6.45) is 3.30. The number of ether oxygens (including phenoxy) is 2. The van der Waals surface area contributed by atoms with Gasteiger partial charge in [-0.15, -0.1) is 0 Å². The first-order valence-electron chi connectivity index (χ1n) is 7.84. The van der Waals surface area contributed by atoms with E-state index in [-0.39, 0.29) is 6.61 Å². The van der Waals surface area contributed by atoms with E-state index in [9.17, 15) is 4.39 Å². The summed E-state index contributed by atoms with van der Waals surface area (Å²) in [7, 11) is 0. The molecule has 6 nitrogen and oxygen atoms in total. The second kappa shape index (κ2) is 8.79. The SMILES string of the molecule is FCCOCCOc1ccc(N=Nc2ccc3nccnc3c2)cc1. The second-order valence-corrected chi connectivity index (χ2v) is 5.07. The fraction of sp³-hybridized carbons (Fsp3) is 0.222. The minimum atomic E-state index is -0.483. The summed E-state index contributed by atoms with van der Waals surface area (Å²) in [5, 5.41) is 8.41. The molecule has 0 amide bonds. The number of azo groups is 1. The lowest BCUT2D eigenvalue weighted by Gasteiger charge is -2.06. The molecule has 0 aliphatic heterocycles. The van der Waals surface area contributed by atoms with E-state index >= 15 is 0 Å². The first-order valence-corrected chi connectivity index (χ1v) is 7.84. The molecule has 2 aromatic carbocycles. The minimum absolute atomic E-state index is 0.100. The molecule has 0 atom stereocenters. The number of alkyl halides is 1. The standard InChI is InChI=1S/C18H17FN4O2/c19-7-10-24-11-12-25-16-4-1-14(2-5-16)22-23-15-3-6-17-18(13-15)21-9-8-20-17/h1-6,8-9,13H,7,10-12H2. The van der Waals surface area contributed by atoms with Crippen molar-refractivity contribution < 1.29 is 13.9 Å². The first kappa shape index (κ1) is 16.9. The number of fused-ring (bicyclic) bond motifs is 1. The van der Waals surface area contributed by atoms with Gasteiger partial charge in [-0.2, -0.15) is 10.2 Å². The Morgan fingerprint density at radius 2 is 1.52 bits per heavy atom. The predicted molar refractivity (Wildman–Crippen MR) is 92.4 cm³/mol. The highest BCUT2D eigenvalue weighted by Crippen LogP contribution is 2.23. The zero-order chi connectivity index (χ0) is 17.3. The maximum atomic E-state index is 11.9. The van der Waals surface area contributed by atoms with Gasteiger partial charge >= 0.3 is 0 Å². The Morgan fingerprint density at radius 1 is 0.800 bits per heavy atom. The summed E-state index contributed by atoms with van der Waals surface area (Å²) in [6, 6.07) is 12.8. The second-order valence-electron chi connectivity index (χ2n) is 5.07. The fourth-order valence-electron chi connectivity index (χ4n) is 2.11. The molecule has 0 N–H and O–H groups in total. The molecule has 0 bridgehead atoms. The van der Waals surface area contributed by atoms with Crippen LogP contribution in [0.2, 0.25) is 0 Å². The van der Waals surface area contributed by atoms with E-state index in [0.29, 0.717) is 30.3 Å². The molecule has 0 saturated heterocycles. The molecular weight excluding hydrogens is 323 g/mol. The van der Waals surface area contributed by atoms with Gasteiger partial charge in [0.1, 0.15) is 19.0 Å². The van der Waals surface area contributed by atoms with Crippen LogP contribution in [0.3, 0.4) is 0 Å². The Bertz CT molecular complexity index is 840. The average molecular weight is 340 g/mol. The Kier molecular flexibility index (Phi) is 5.95. The molecule has 0 spiro atoms. The van der Waals surface area contributed by atoms with Gasteiger partial charge in [-0.1, -0.05) is 0 Å². The number of nitrogens with zero attached hydrogens (tertiary/aromatic N) is 4. The maximum absolute atomic E-state index is 11.9. The van der Waals surface area contributed by atoms with E-state index in [2.05, 4.69) is 20.2 Å². The van der Waals surface area contributed by atoms with E-state index in [1.165, 1.54) is 0 Å². The summed E-state index contributed by atoms with van der Waals surface area (Å²) in [5.74, 6) is 0.698. The average Bonchev–Trinajstić information content (AvgIpc) is 2.67. The summed E-state index contributed by atoms with van der Waals surface area (Å²) in [5.41, 5.74) is 3.01. The van der Waals surface area contributed by atoms with Crippen LogP contribution in [0, 0.1) is 0 Å². The molecule has 0 aliphatic carbocycles. The van der Waals surface area contributed by atoms with E-state index in [4.69, 9.17) is 9.47 Å². The van der Waals surface area contributed by atoms with Gasteiger partial charge in [0, 0.05) is 12.4 Å². The molecular formula is C18H17FN4O2. The molecule has 0 saturated carbocycles. The molecule has 25 heavy (non-hydrogen) atoms. The third-order valence-corrected chi connectivity index (χ3v) is 3.29. The number of halogens is 1. The Morgan fingerprint density at radius 3 is 2.32 bits per heavy atom. The zero-order valence-corrected chi connectivity index (χ0v) is 13.5. The monoisotopic (exact) mass is 340 g/mol. The van der Waals surface area contributed by atoms with E-state index in [1.807, 2.05) is 30.3 Å². The highest BCUT2D eigenvalue weighted by atomic mass is 19.1. The Balaban J connectivity index is 1.57. The van der Waals surface area contributed by atoms with Gasteiger partial charge in [0.25, 0.3) is 0 Å². The minimum Gasteiger partial charge on any atom is -0.491 e. The van der Waals surface area contributed by atoms with Gasteiger partial charge in [-0.3, -0.25) is 9.97 Å². The van der Waals surface area contributed by atoms with Gasteiger partial charge in [0.05, 0.1) is 35.6 Å². The van der Waals surface area contributed by atoms with Crippen LogP contribution in [0.1, 0.15) is 0 Å². The summed E-state index contributed by atoms with van der Waals surface area (Å²) in [4.78, 5) is 8.46. The number of benzene rings is 2. The van der Waals surface area contributed by atoms with E-state index in [0.717, 1.165) is 11.0 Å². The van der Waals surface area contributed by atoms with Gasteiger partial charge < -0.3 is 9.47 Å². The number of hydrogen-bond donors (Lipinski definition) is 0. The van der Waals surface area contributed by atoms with Crippen LogP contribution in [0.15, 0.2) is 65.1 Å². The summed E-state index contributed by atoms with van der Waals surface area (Å²) < 4.78 is 22.4. The van der Waals surface area contributed by atoms with Crippen LogP contribution < -0.4 is 4.74 Å². The van der Waals surface area contributed by atoms with Crippen molar-refractivity contribution in [3.8, 4) is 5.75 Å². The normalized spacial score (nSPS) is 11.2. The molecule has 1 aromatic heterocycles. The molecule has 3 aromatic rings. The van der Waals surface area contributed by atoms with Crippen LogP contribution in [-0.2, 0) is 4.74 Å². The van der Waals surface area contributed by atoms with Crippen molar-refractivity contribution in [3.63, 3.8) is 0 Å². The molecule has 0 fully saturated rings. The lowest BCUT2D eigenvalue weighted by atomic mass is 10.3.